The number of likely N-dealkylation sites (tertiary alicyclic amines) is 1. The standard InChI is InChI=1S/C21H26N2O3S/c1-15-13-16(2)20(17(3)14-15)27(25,26)22-19-10-6-5-9-18(19)21(24)23-11-7-4-8-12-23/h5-6,9-10,13-14,22H,4,7-8,11-12H2,1-3H3. The average molecular weight is 387 g/mol. The van der Waals surface area contributed by atoms with E-state index in [2.05, 4.69) is 4.72 Å². The molecule has 0 aliphatic carbocycles. The SMILES string of the molecule is Cc1cc(C)c(S(=O)(=O)Nc2ccccc2C(=O)N2CCCCC2)c(C)c1. The first-order valence-electron chi connectivity index (χ1n) is 9.28. The molecule has 5 nitrogen and oxygen atoms in total. The predicted molar refractivity (Wildman–Crippen MR) is 108 cm³/mol. The van der Waals surface area contributed by atoms with E-state index >= 15 is 0 Å². The monoisotopic (exact) mass is 386 g/mol. The summed E-state index contributed by atoms with van der Waals surface area (Å²) in [6, 6.07) is 10.5. The van der Waals surface area contributed by atoms with Crippen LogP contribution in [0.3, 0.4) is 0 Å². The molecule has 0 unspecified atom stereocenters. The van der Waals surface area contributed by atoms with Crippen LogP contribution in [0.4, 0.5) is 5.69 Å². The minimum atomic E-state index is -3.80. The van der Waals surface area contributed by atoms with Gasteiger partial charge in [0.1, 0.15) is 0 Å². The Balaban J connectivity index is 1.95. The Morgan fingerprint density at radius 1 is 0.963 bits per heavy atom. The maximum atomic E-state index is 13.1. The van der Waals surface area contributed by atoms with Crippen molar-refractivity contribution in [3.05, 3.63) is 58.7 Å². The van der Waals surface area contributed by atoms with Gasteiger partial charge in [-0.15, -0.1) is 0 Å². The largest absolute Gasteiger partial charge is 0.339 e. The van der Waals surface area contributed by atoms with Crippen molar-refractivity contribution in [2.75, 3.05) is 17.8 Å². The third kappa shape index (κ3) is 4.16. The summed E-state index contributed by atoms with van der Waals surface area (Å²) in [5.74, 6) is -0.120. The van der Waals surface area contributed by atoms with Crippen molar-refractivity contribution >= 4 is 21.6 Å². The van der Waals surface area contributed by atoms with Gasteiger partial charge < -0.3 is 4.90 Å². The van der Waals surface area contributed by atoms with E-state index in [0.717, 1.165) is 37.9 Å². The van der Waals surface area contributed by atoms with Crippen LogP contribution in [0.2, 0.25) is 0 Å². The molecule has 2 aromatic carbocycles. The van der Waals surface area contributed by atoms with Gasteiger partial charge in [-0.05, 0) is 63.3 Å². The quantitative estimate of drug-likeness (QED) is 0.862. The lowest BCUT2D eigenvalue weighted by Crippen LogP contribution is -2.36. The molecule has 144 valence electrons. The van der Waals surface area contributed by atoms with Gasteiger partial charge in [-0.2, -0.15) is 0 Å². The highest BCUT2D eigenvalue weighted by Gasteiger charge is 2.25. The van der Waals surface area contributed by atoms with Gasteiger partial charge in [0.15, 0.2) is 0 Å². The van der Waals surface area contributed by atoms with Gasteiger partial charge in [-0.1, -0.05) is 29.8 Å². The molecule has 1 amide bonds. The fourth-order valence-electron chi connectivity index (χ4n) is 3.81. The zero-order valence-electron chi connectivity index (χ0n) is 16.1. The first kappa shape index (κ1) is 19.4. The molecular formula is C21H26N2O3S. The molecule has 0 radical (unpaired) electrons. The van der Waals surface area contributed by atoms with E-state index in [1.54, 1.807) is 43.0 Å². The highest BCUT2D eigenvalue weighted by molar-refractivity contribution is 7.92. The van der Waals surface area contributed by atoms with Crippen LogP contribution in [0, 0.1) is 20.8 Å². The van der Waals surface area contributed by atoms with E-state index in [4.69, 9.17) is 0 Å². The Labute approximate surface area is 161 Å². The number of sulfonamides is 1. The van der Waals surface area contributed by atoms with Crippen LogP contribution in [0.25, 0.3) is 0 Å². The molecule has 1 aliphatic rings. The van der Waals surface area contributed by atoms with Crippen LogP contribution >= 0.6 is 0 Å². The van der Waals surface area contributed by atoms with Gasteiger partial charge in [0, 0.05) is 13.1 Å². The lowest BCUT2D eigenvalue weighted by Gasteiger charge is -2.27. The van der Waals surface area contributed by atoms with E-state index in [1.807, 2.05) is 19.1 Å². The van der Waals surface area contributed by atoms with E-state index in [1.165, 1.54) is 0 Å². The smallest absolute Gasteiger partial charge is 0.262 e. The number of benzene rings is 2. The van der Waals surface area contributed by atoms with Crippen LogP contribution in [0.1, 0.15) is 46.3 Å². The van der Waals surface area contributed by atoms with E-state index in [0.29, 0.717) is 22.4 Å². The molecule has 3 rings (SSSR count). The maximum absolute atomic E-state index is 13.1. The lowest BCUT2D eigenvalue weighted by molar-refractivity contribution is 0.0725. The Hall–Kier alpha value is -2.34. The topological polar surface area (TPSA) is 66.5 Å². The predicted octanol–water partition coefficient (Wildman–Crippen LogP) is 4.04. The van der Waals surface area contributed by atoms with Crippen molar-refractivity contribution in [3.8, 4) is 0 Å². The highest BCUT2D eigenvalue weighted by atomic mass is 32.2. The summed E-state index contributed by atoms with van der Waals surface area (Å²) in [6.45, 7) is 6.96. The van der Waals surface area contributed by atoms with Gasteiger partial charge in [0.25, 0.3) is 15.9 Å². The first-order valence-corrected chi connectivity index (χ1v) is 10.8. The van der Waals surface area contributed by atoms with Crippen LogP contribution in [0.5, 0.6) is 0 Å². The van der Waals surface area contributed by atoms with Gasteiger partial charge in [0.2, 0.25) is 0 Å². The van der Waals surface area contributed by atoms with Crippen LogP contribution in [-0.2, 0) is 10.0 Å². The number of carbonyl (C=O) groups excluding carboxylic acids is 1. The number of aryl methyl sites for hydroxylation is 3. The molecule has 27 heavy (non-hydrogen) atoms. The maximum Gasteiger partial charge on any atom is 0.262 e. The second-order valence-electron chi connectivity index (χ2n) is 7.23. The molecule has 0 spiro atoms. The molecule has 0 atom stereocenters. The van der Waals surface area contributed by atoms with Crippen molar-refractivity contribution in [2.45, 2.75) is 44.9 Å². The number of rotatable bonds is 4. The third-order valence-corrected chi connectivity index (χ3v) is 6.59. The van der Waals surface area contributed by atoms with Gasteiger partial charge >= 0.3 is 0 Å². The molecule has 0 aromatic heterocycles. The van der Waals surface area contributed by atoms with E-state index in [9.17, 15) is 13.2 Å². The Bertz CT molecular complexity index is 938. The first-order chi connectivity index (χ1) is 12.8. The number of amides is 1. The number of nitrogens with one attached hydrogen (secondary N) is 1. The van der Waals surface area contributed by atoms with Crippen molar-refractivity contribution in [3.63, 3.8) is 0 Å². The molecule has 1 aliphatic heterocycles. The van der Waals surface area contributed by atoms with Crippen molar-refractivity contribution in [2.24, 2.45) is 0 Å². The summed E-state index contributed by atoms with van der Waals surface area (Å²) in [5, 5.41) is 0. The molecule has 0 bridgehead atoms. The van der Waals surface area contributed by atoms with E-state index in [-0.39, 0.29) is 10.8 Å². The Morgan fingerprint density at radius 2 is 1.56 bits per heavy atom. The molecular weight excluding hydrogens is 360 g/mol. The fourth-order valence-corrected chi connectivity index (χ4v) is 5.35. The second kappa shape index (κ2) is 7.72. The minimum Gasteiger partial charge on any atom is -0.339 e. The number of hydrogen-bond acceptors (Lipinski definition) is 3. The van der Waals surface area contributed by atoms with Crippen LogP contribution < -0.4 is 4.72 Å². The highest BCUT2D eigenvalue weighted by Crippen LogP contribution is 2.27. The Kier molecular flexibility index (Phi) is 5.56. The van der Waals surface area contributed by atoms with Crippen molar-refractivity contribution in [1.29, 1.82) is 0 Å². The van der Waals surface area contributed by atoms with Crippen molar-refractivity contribution < 1.29 is 13.2 Å². The molecule has 6 heteroatoms. The minimum absolute atomic E-state index is 0.120. The number of piperidine rings is 1. The number of carbonyl (C=O) groups is 1. The van der Waals surface area contributed by atoms with Gasteiger partial charge in [-0.3, -0.25) is 9.52 Å². The zero-order chi connectivity index (χ0) is 19.6. The molecule has 0 saturated carbocycles. The molecule has 1 N–H and O–H groups in total. The second-order valence-corrected chi connectivity index (χ2v) is 8.85. The summed E-state index contributed by atoms with van der Waals surface area (Å²) >= 11 is 0. The number of para-hydroxylation sites is 1. The molecule has 2 aromatic rings. The third-order valence-electron chi connectivity index (χ3n) is 4.92. The number of hydrogen-bond donors (Lipinski definition) is 1. The number of nitrogens with zero attached hydrogens (tertiary/aromatic N) is 1. The average Bonchev–Trinajstić information content (AvgIpc) is 2.61. The van der Waals surface area contributed by atoms with Crippen LogP contribution in [-0.4, -0.2) is 32.3 Å². The fraction of sp³-hybridized carbons (Fsp3) is 0.381. The summed E-state index contributed by atoms with van der Waals surface area (Å²) < 4.78 is 28.8. The van der Waals surface area contributed by atoms with Gasteiger partial charge in [0.05, 0.1) is 16.1 Å². The normalized spacial score (nSPS) is 14.9. The summed E-state index contributed by atoms with van der Waals surface area (Å²) in [6.07, 6.45) is 3.10. The molecule has 1 saturated heterocycles. The Morgan fingerprint density at radius 3 is 2.19 bits per heavy atom. The summed E-state index contributed by atoms with van der Waals surface area (Å²) in [7, 11) is -3.80. The molecule has 1 fully saturated rings. The lowest BCUT2D eigenvalue weighted by atomic mass is 10.1. The summed E-state index contributed by atoms with van der Waals surface area (Å²) in [5.41, 5.74) is 3.13. The summed E-state index contributed by atoms with van der Waals surface area (Å²) in [4.78, 5) is 15.0. The van der Waals surface area contributed by atoms with E-state index < -0.39 is 10.0 Å². The number of anilines is 1. The molecule has 1 heterocycles. The van der Waals surface area contributed by atoms with Crippen LogP contribution in [0.15, 0.2) is 41.3 Å². The van der Waals surface area contributed by atoms with Gasteiger partial charge in [-0.25, -0.2) is 8.42 Å². The zero-order valence-corrected chi connectivity index (χ0v) is 16.9. The van der Waals surface area contributed by atoms with Crippen molar-refractivity contribution in [1.82, 2.24) is 4.90 Å².